The Hall–Kier alpha value is -2.23. The number of thiazole rings is 1. The number of carbonyl (C=O) groups excluding carboxylic acids is 1. The molecule has 1 heterocycles. The molecule has 0 saturated heterocycles. The molecule has 2 rings (SSSR count). The van der Waals surface area contributed by atoms with Gasteiger partial charge < -0.3 is 10.4 Å². The van der Waals surface area contributed by atoms with Crippen LogP contribution in [-0.2, 0) is 0 Å². The number of hydrogen-bond acceptors (Lipinski definition) is 4. The Labute approximate surface area is 125 Å². The van der Waals surface area contributed by atoms with Crippen molar-refractivity contribution in [3.63, 3.8) is 0 Å². The molecule has 0 fully saturated rings. The normalized spacial score (nSPS) is 9.86. The van der Waals surface area contributed by atoms with Gasteiger partial charge in [-0.05, 0) is 25.1 Å². The monoisotopic (exact) mass is 304 g/mol. The number of nitrogens with zero attached hydrogens (tertiary/aromatic N) is 1. The summed E-state index contributed by atoms with van der Waals surface area (Å²) in [4.78, 5) is 16.0. The summed E-state index contributed by atoms with van der Waals surface area (Å²) < 4.78 is 13.8. The highest BCUT2D eigenvalue weighted by Gasteiger charge is 2.10. The van der Waals surface area contributed by atoms with Gasteiger partial charge in [-0.1, -0.05) is 11.8 Å². The van der Waals surface area contributed by atoms with Crippen molar-refractivity contribution in [1.29, 1.82) is 0 Å². The van der Waals surface area contributed by atoms with Crippen molar-refractivity contribution >= 4 is 22.9 Å². The number of anilines is 1. The van der Waals surface area contributed by atoms with Gasteiger partial charge in [-0.2, -0.15) is 0 Å². The molecular formula is C15H13FN2O2S. The first-order valence-corrected chi connectivity index (χ1v) is 7.11. The molecule has 0 unspecified atom stereocenters. The molecule has 0 aliphatic heterocycles. The van der Waals surface area contributed by atoms with Crippen molar-refractivity contribution in [2.75, 3.05) is 11.9 Å². The van der Waals surface area contributed by atoms with Crippen molar-refractivity contribution in [2.24, 2.45) is 0 Å². The molecule has 6 heteroatoms. The lowest BCUT2D eigenvalue weighted by Gasteiger charge is -2.04. The van der Waals surface area contributed by atoms with Crippen LogP contribution in [0.5, 0.6) is 0 Å². The fourth-order valence-electron chi connectivity index (χ4n) is 1.57. The molecule has 0 radical (unpaired) electrons. The number of halogens is 1. The minimum absolute atomic E-state index is 0.0597. The fraction of sp³-hybridized carbons (Fsp3) is 0.200. The summed E-state index contributed by atoms with van der Waals surface area (Å²) in [5.41, 5.74) is 0.881. The van der Waals surface area contributed by atoms with Gasteiger partial charge in [-0.25, -0.2) is 9.37 Å². The second kappa shape index (κ2) is 6.97. The van der Waals surface area contributed by atoms with Gasteiger partial charge in [-0.15, -0.1) is 11.3 Å². The van der Waals surface area contributed by atoms with E-state index in [-0.39, 0.29) is 18.1 Å². The van der Waals surface area contributed by atoms with Crippen LogP contribution in [-0.4, -0.2) is 22.6 Å². The number of benzene rings is 1. The van der Waals surface area contributed by atoms with Crippen molar-refractivity contribution in [3.05, 3.63) is 45.7 Å². The predicted octanol–water partition coefficient (Wildman–Crippen LogP) is 2.58. The molecule has 21 heavy (non-hydrogen) atoms. The second-order valence-electron chi connectivity index (χ2n) is 4.18. The molecule has 1 aromatic carbocycles. The summed E-state index contributed by atoms with van der Waals surface area (Å²) in [6, 6.07) is 4.27. The molecule has 0 aliphatic carbocycles. The van der Waals surface area contributed by atoms with Gasteiger partial charge in [0.25, 0.3) is 5.91 Å². The Morgan fingerprint density at radius 2 is 2.33 bits per heavy atom. The number of aliphatic hydroxyl groups excluding tert-OH is 1. The molecule has 2 N–H and O–H groups in total. The molecule has 108 valence electrons. The van der Waals surface area contributed by atoms with Crippen LogP contribution in [0.15, 0.2) is 23.6 Å². The van der Waals surface area contributed by atoms with Crippen molar-refractivity contribution in [2.45, 2.75) is 13.3 Å². The summed E-state index contributed by atoms with van der Waals surface area (Å²) in [7, 11) is 0. The highest BCUT2D eigenvalue weighted by molar-refractivity contribution is 7.09. The average molecular weight is 304 g/mol. The highest BCUT2D eigenvalue weighted by Crippen LogP contribution is 2.16. The maximum Gasteiger partial charge on any atom is 0.275 e. The average Bonchev–Trinajstić information content (AvgIpc) is 2.88. The summed E-state index contributed by atoms with van der Waals surface area (Å²) in [5.74, 6) is 4.37. The van der Waals surface area contributed by atoms with E-state index in [2.05, 4.69) is 22.1 Å². The predicted molar refractivity (Wildman–Crippen MR) is 79.8 cm³/mol. The number of nitrogens with one attached hydrogen (secondary N) is 1. The third-order valence-electron chi connectivity index (χ3n) is 2.54. The zero-order valence-electron chi connectivity index (χ0n) is 11.3. The molecule has 0 saturated carbocycles. The number of aryl methyl sites for hydroxylation is 1. The molecule has 0 atom stereocenters. The standard InChI is InChI=1S/C15H13FN2O2S/c1-10-17-14(9-21-10)15(20)18-12-6-5-11(13(16)8-12)4-2-3-7-19/h5-6,8-9,19H,3,7H2,1H3,(H,18,20). The maximum absolute atomic E-state index is 13.8. The van der Waals surface area contributed by atoms with E-state index >= 15 is 0 Å². The van der Waals surface area contributed by atoms with Crippen molar-refractivity contribution in [1.82, 2.24) is 4.98 Å². The quantitative estimate of drug-likeness (QED) is 0.857. The first kappa shape index (κ1) is 15.2. The molecule has 1 amide bonds. The Morgan fingerprint density at radius 1 is 1.52 bits per heavy atom. The first-order chi connectivity index (χ1) is 10.1. The van der Waals surface area contributed by atoms with Gasteiger partial charge in [0, 0.05) is 17.5 Å². The molecule has 0 bridgehead atoms. The van der Waals surface area contributed by atoms with E-state index in [1.165, 1.54) is 23.5 Å². The number of rotatable bonds is 3. The van der Waals surface area contributed by atoms with Crippen LogP contribution in [0.25, 0.3) is 0 Å². The van der Waals surface area contributed by atoms with Gasteiger partial charge in [-0.3, -0.25) is 4.79 Å². The first-order valence-electron chi connectivity index (χ1n) is 6.23. The summed E-state index contributed by atoms with van der Waals surface area (Å²) >= 11 is 1.38. The second-order valence-corrected chi connectivity index (χ2v) is 5.24. The molecule has 4 nitrogen and oxygen atoms in total. The van der Waals surface area contributed by atoms with Crippen LogP contribution in [0.2, 0.25) is 0 Å². The molecule has 1 aromatic heterocycles. The molecule has 0 spiro atoms. The Balaban J connectivity index is 2.10. The van der Waals surface area contributed by atoms with Gasteiger partial charge in [0.05, 0.1) is 17.2 Å². The van der Waals surface area contributed by atoms with Crippen LogP contribution in [0.3, 0.4) is 0 Å². The van der Waals surface area contributed by atoms with Crippen molar-refractivity contribution in [3.8, 4) is 11.8 Å². The number of aliphatic hydroxyl groups is 1. The minimum Gasteiger partial charge on any atom is -0.395 e. The van der Waals surface area contributed by atoms with Crippen LogP contribution in [0.1, 0.15) is 27.5 Å². The zero-order valence-corrected chi connectivity index (χ0v) is 12.1. The Kier molecular flexibility index (Phi) is 5.04. The largest absolute Gasteiger partial charge is 0.395 e. The van der Waals surface area contributed by atoms with E-state index in [1.807, 2.05) is 0 Å². The third-order valence-corrected chi connectivity index (χ3v) is 3.31. The van der Waals surface area contributed by atoms with Crippen LogP contribution in [0.4, 0.5) is 10.1 Å². The van der Waals surface area contributed by atoms with Gasteiger partial charge in [0.1, 0.15) is 11.5 Å². The summed E-state index contributed by atoms with van der Waals surface area (Å²) in [5, 5.41) is 13.6. The van der Waals surface area contributed by atoms with Crippen molar-refractivity contribution < 1.29 is 14.3 Å². The van der Waals surface area contributed by atoms with E-state index in [4.69, 9.17) is 5.11 Å². The lowest BCUT2D eigenvalue weighted by molar-refractivity contribution is 0.102. The lowest BCUT2D eigenvalue weighted by atomic mass is 10.2. The van der Waals surface area contributed by atoms with Gasteiger partial charge >= 0.3 is 0 Å². The SMILES string of the molecule is Cc1nc(C(=O)Nc2ccc(C#CCCO)c(F)c2)cs1. The number of hydrogen-bond donors (Lipinski definition) is 2. The zero-order chi connectivity index (χ0) is 15.2. The number of amides is 1. The lowest BCUT2D eigenvalue weighted by Crippen LogP contribution is -2.12. The van der Waals surface area contributed by atoms with E-state index in [0.29, 0.717) is 17.8 Å². The van der Waals surface area contributed by atoms with E-state index in [9.17, 15) is 9.18 Å². The van der Waals surface area contributed by atoms with Crippen LogP contribution >= 0.6 is 11.3 Å². The highest BCUT2D eigenvalue weighted by atomic mass is 32.1. The van der Waals surface area contributed by atoms with Gasteiger partial charge in [0.2, 0.25) is 0 Å². The summed E-state index contributed by atoms with van der Waals surface area (Å²) in [6.45, 7) is 1.75. The molecular weight excluding hydrogens is 291 g/mol. The number of aromatic nitrogens is 1. The Morgan fingerprint density at radius 3 is 2.95 bits per heavy atom. The molecule has 2 aromatic rings. The summed E-state index contributed by atoms with van der Waals surface area (Å²) in [6.07, 6.45) is 0.293. The van der Waals surface area contributed by atoms with E-state index < -0.39 is 5.82 Å². The van der Waals surface area contributed by atoms with E-state index in [0.717, 1.165) is 5.01 Å². The number of carbonyl (C=O) groups is 1. The fourth-order valence-corrected chi connectivity index (χ4v) is 2.16. The Bertz CT molecular complexity index is 716. The van der Waals surface area contributed by atoms with Crippen LogP contribution < -0.4 is 5.32 Å². The van der Waals surface area contributed by atoms with Gasteiger partial charge in [0.15, 0.2) is 0 Å². The maximum atomic E-state index is 13.8. The topological polar surface area (TPSA) is 62.2 Å². The third kappa shape index (κ3) is 4.12. The minimum atomic E-state index is -0.521. The van der Waals surface area contributed by atoms with E-state index in [1.54, 1.807) is 18.4 Å². The van der Waals surface area contributed by atoms with Crippen LogP contribution in [0, 0.1) is 24.6 Å². The smallest absolute Gasteiger partial charge is 0.275 e. The molecule has 0 aliphatic rings.